The highest BCUT2D eigenvalue weighted by Gasteiger charge is 2.60. The average molecular weight is 376 g/mol. The Morgan fingerprint density at radius 1 is 1.12 bits per heavy atom. The average Bonchev–Trinajstić information content (AvgIpc) is 2.89. The van der Waals surface area contributed by atoms with Gasteiger partial charge in [-0.3, -0.25) is 0 Å². The van der Waals surface area contributed by atoms with Crippen molar-refractivity contribution in [2.75, 3.05) is 0 Å². The van der Waals surface area contributed by atoms with E-state index in [4.69, 9.17) is 5.14 Å². The van der Waals surface area contributed by atoms with Crippen molar-refractivity contribution < 1.29 is 12.8 Å². The minimum Gasteiger partial charge on any atom is -0.241 e. The molecular weight excluding hydrogens is 359 g/mol. The molecule has 2 atom stereocenters. The molecular formula is C18H17FN2O2S2. The van der Waals surface area contributed by atoms with Gasteiger partial charge in [0.05, 0.1) is 20.1 Å². The molecule has 2 unspecified atom stereocenters. The minimum absolute atomic E-state index is 0.00945. The molecule has 3 aromatic rings. The summed E-state index contributed by atoms with van der Waals surface area (Å²) in [5, 5.41) is 6.15. The fraction of sp³-hybridized carbons (Fsp3) is 0.278. The predicted octanol–water partition coefficient (Wildman–Crippen LogP) is 3.99. The number of sulfonamides is 1. The second kappa shape index (κ2) is 5.33. The van der Waals surface area contributed by atoms with E-state index in [-0.39, 0.29) is 28.0 Å². The normalized spacial score (nSPS) is 22.2. The van der Waals surface area contributed by atoms with Crippen LogP contribution in [0.15, 0.2) is 47.4 Å². The third-order valence-electron chi connectivity index (χ3n) is 5.03. The monoisotopic (exact) mass is 376 g/mol. The summed E-state index contributed by atoms with van der Waals surface area (Å²) >= 11 is 1.52. The van der Waals surface area contributed by atoms with Gasteiger partial charge in [0.1, 0.15) is 5.82 Å². The van der Waals surface area contributed by atoms with Crippen molar-refractivity contribution in [2.24, 2.45) is 10.6 Å². The lowest BCUT2D eigenvalue weighted by Gasteiger charge is -2.04. The Kier molecular flexibility index (Phi) is 3.55. The van der Waals surface area contributed by atoms with E-state index in [1.165, 1.54) is 23.5 Å². The molecule has 0 aliphatic heterocycles. The van der Waals surface area contributed by atoms with Gasteiger partial charge in [-0.05, 0) is 47.2 Å². The third-order valence-corrected chi connectivity index (χ3v) is 7.06. The van der Waals surface area contributed by atoms with Crippen LogP contribution in [-0.2, 0) is 10.0 Å². The molecule has 130 valence electrons. The van der Waals surface area contributed by atoms with Crippen molar-refractivity contribution in [3.63, 3.8) is 0 Å². The van der Waals surface area contributed by atoms with Gasteiger partial charge in [-0.25, -0.2) is 22.9 Å². The molecule has 2 aromatic carbocycles. The summed E-state index contributed by atoms with van der Waals surface area (Å²) in [4.78, 5) is 4.79. The standard InChI is InChI=1S/C18H17FN2O2S2/c1-18(2)15(10-3-6-12(7-4-10)25(20,22)23)16(18)17-21-13-8-5-11(19)9-14(13)24-17/h3-9,15-16H,1-2H3,(H2,20,22,23). The molecule has 0 radical (unpaired) electrons. The number of hydrogen-bond donors (Lipinski definition) is 1. The van der Waals surface area contributed by atoms with Gasteiger partial charge in [-0.1, -0.05) is 26.0 Å². The van der Waals surface area contributed by atoms with E-state index in [0.29, 0.717) is 0 Å². The van der Waals surface area contributed by atoms with Gasteiger partial charge >= 0.3 is 0 Å². The molecule has 1 fully saturated rings. The molecule has 4 nitrogen and oxygen atoms in total. The number of primary sulfonamides is 1. The maximum absolute atomic E-state index is 13.4. The SMILES string of the molecule is CC1(C)C(c2ccc(S(N)(=O)=O)cc2)C1c1nc2ccc(F)cc2s1. The van der Waals surface area contributed by atoms with Gasteiger partial charge in [0, 0.05) is 5.92 Å². The van der Waals surface area contributed by atoms with E-state index in [1.54, 1.807) is 18.2 Å². The Balaban J connectivity index is 1.69. The summed E-state index contributed by atoms with van der Waals surface area (Å²) in [7, 11) is -3.69. The van der Waals surface area contributed by atoms with Crippen LogP contribution in [0.3, 0.4) is 0 Å². The highest BCUT2D eigenvalue weighted by Crippen LogP contribution is 2.70. The fourth-order valence-corrected chi connectivity index (χ4v) is 5.48. The van der Waals surface area contributed by atoms with E-state index in [2.05, 4.69) is 18.8 Å². The van der Waals surface area contributed by atoms with Gasteiger partial charge in [0.25, 0.3) is 0 Å². The van der Waals surface area contributed by atoms with Gasteiger partial charge in [-0.2, -0.15) is 0 Å². The Bertz CT molecular complexity index is 1070. The zero-order valence-electron chi connectivity index (χ0n) is 13.7. The molecule has 0 bridgehead atoms. The van der Waals surface area contributed by atoms with Crippen molar-refractivity contribution in [3.8, 4) is 0 Å². The summed E-state index contributed by atoms with van der Waals surface area (Å²) < 4.78 is 37.1. The largest absolute Gasteiger partial charge is 0.241 e. The molecule has 2 N–H and O–H groups in total. The lowest BCUT2D eigenvalue weighted by molar-refractivity contribution is 0.597. The zero-order valence-corrected chi connectivity index (χ0v) is 15.4. The Morgan fingerprint density at radius 2 is 1.80 bits per heavy atom. The van der Waals surface area contributed by atoms with Crippen molar-refractivity contribution in [3.05, 3.63) is 58.9 Å². The van der Waals surface area contributed by atoms with Crippen LogP contribution < -0.4 is 5.14 Å². The summed E-state index contributed by atoms with van der Waals surface area (Å²) in [6, 6.07) is 11.4. The molecule has 0 amide bonds. The number of nitrogens with zero attached hydrogens (tertiary/aromatic N) is 1. The molecule has 1 heterocycles. The van der Waals surface area contributed by atoms with E-state index < -0.39 is 10.0 Å². The molecule has 1 aliphatic rings. The molecule has 0 spiro atoms. The Hall–Kier alpha value is -1.83. The zero-order chi connectivity index (χ0) is 18.0. The highest BCUT2D eigenvalue weighted by atomic mass is 32.2. The predicted molar refractivity (Wildman–Crippen MR) is 96.7 cm³/mol. The van der Waals surface area contributed by atoms with Crippen LogP contribution >= 0.6 is 11.3 Å². The number of rotatable bonds is 3. The van der Waals surface area contributed by atoms with Crippen LogP contribution in [0.5, 0.6) is 0 Å². The lowest BCUT2D eigenvalue weighted by atomic mass is 10.0. The van der Waals surface area contributed by atoms with Crippen molar-refractivity contribution in [1.82, 2.24) is 4.98 Å². The molecule has 1 aromatic heterocycles. The first kappa shape index (κ1) is 16.6. The highest BCUT2D eigenvalue weighted by molar-refractivity contribution is 7.89. The fourth-order valence-electron chi connectivity index (χ4n) is 3.63. The number of halogens is 1. The van der Waals surface area contributed by atoms with Crippen molar-refractivity contribution >= 4 is 31.6 Å². The second-order valence-corrected chi connectivity index (χ2v) is 9.68. The number of nitrogens with two attached hydrogens (primary N) is 1. The van der Waals surface area contributed by atoms with Gasteiger partial charge in [-0.15, -0.1) is 11.3 Å². The smallest absolute Gasteiger partial charge is 0.238 e. The summed E-state index contributed by atoms with van der Waals surface area (Å²) in [6.45, 7) is 4.34. The van der Waals surface area contributed by atoms with Gasteiger partial charge in [0.2, 0.25) is 10.0 Å². The lowest BCUT2D eigenvalue weighted by Crippen LogP contribution is -2.11. The first-order valence-electron chi connectivity index (χ1n) is 7.87. The summed E-state index contributed by atoms with van der Waals surface area (Å²) in [6.07, 6.45) is 0. The maximum Gasteiger partial charge on any atom is 0.238 e. The Labute approximate surface area is 149 Å². The summed E-state index contributed by atoms with van der Waals surface area (Å²) in [5.74, 6) is 0.216. The number of hydrogen-bond acceptors (Lipinski definition) is 4. The molecule has 7 heteroatoms. The van der Waals surface area contributed by atoms with E-state index in [0.717, 1.165) is 20.8 Å². The van der Waals surface area contributed by atoms with Crippen LogP contribution in [-0.4, -0.2) is 13.4 Å². The summed E-state index contributed by atoms with van der Waals surface area (Å²) in [5.41, 5.74) is 1.88. The minimum atomic E-state index is -3.69. The third kappa shape index (κ3) is 2.76. The van der Waals surface area contributed by atoms with Gasteiger partial charge in [0.15, 0.2) is 0 Å². The second-order valence-electron chi connectivity index (χ2n) is 7.05. The number of benzene rings is 2. The van der Waals surface area contributed by atoms with Crippen LogP contribution in [0.2, 0.25) is 0 Å². The quantitative estimate of drug-likeness (QED) is 0.751. The van der Waals surface area contributed by atoms with Crippen LogP contribution in [0.1, 0.15) is 36.3 Å². The van der Waals surface area contributed by atoms with Crippen molar-refractivity contribution in [2.45, 2.75) is 30.6 Å². The molecule has 25 heavy (non-hydrogen) atoms. The van der Waals surface area contributed by atoms with Crippen LogP contribution in [0.25, 0.3) is 10.2 Å². The molecule has 1 aliphatic carbocycles. The van der Waals surface area contributed by atoms with Gasteiger partial charge < -0.3 is 0 Å². The first-order chi connectivity index (χ1) is 11.7. The topological polar surface area (TPSA) is 73.1 Å². The molecule has 4 rings (SSSR count). The molecule has 0 saturated heterocycles. The van der Waals surface area contributed by atoms with E-state index in [9.17, 15) is 12.8 Å². The van der Waals surface area contributed by atoms with E-state index in [1.807, 2.05) is 12.1 Å². The molecule has 1 saturated carbocycles. The van der Waals surface area contributed by atoms with Crippen molar-refractivity contribution in [1.29, 1.82) is 0 Å². The Morgan fingerprint density at radius 3 is 2.44 bits per heavy atom. The first-order valence-corrected chi connectivity index (χ1v) is 10.2. The number of fused-ring (bicyclic) bond motifs is 1. The number of aromatic nitrogens is 1. The van der Waals surface area contributed by atoms with Crippen LogP contribution in [0, 0.1) is 11.2 Å². The number of thiazole rings is 1. The van der Waals surface area contributed by atoms with Crippen LogP contribution in [0.4, 0.5) is 4.39 Å². The maximum atomic E-state index is 13.4. The van der Waals surface area contributed by atoms with E-state index >= 15 is 0 Å².